The van der Waals surface area contributed by atoms with Crippen molar-refractivity contribution in [2.45, 2.75) is 85.7 Å². The summed E-state index contributed by atoms with van der Waals surface area (Å²) in [4.78, 5) is 26.5. The lowest BCUT2D eigenvalue weighted by molar-refractivity contribution is -0.0726. The first-order valence-corrected chi connectivity index (χ1v) is 13.2. The summed E-state index contributed by atoms with van der Waals surface area (Å²) in [5, 5.41) is 20.2. The number of imide groups is 1. The van der Waals surface area contributed by atoms with Crippen molar-refractivity contribution in [3.05, 3.63) is 51.2 Å². The van der Waals surface area contributed by atoms with Gasteiger partial charge >= 0.3 is 6.09 Å². The monoisotopic (exact) mass is 503 g/mol. The summed E-state index contributed by atoms with van der Waals surface area (Å²) in [5.74, 6) is 0.283. The van der Waals surface area contributed by atoms with Crippen LogP contribution in [0.5, 0.6) is 5.75 Å². The molecule has 0 saturated heterocycles. The molecule has 0 fully saturated rings. The lowest BCUT2D eigenvalue weighted by Crippen LogP contribution is -2.45. The molecule has 0 aliphatic heterocycles. The molecule has 0 aliphatic carbocycles. The van der Waals surface area contributed by atoms with Gasteiger partial charge in [0, 0.05) is 16.8 Å². The Bertz CT molecular complexity index is 1030. The maximum Gasteiger partial charge on any atom is 0.414 e. The van der Waals surface area contributed by atoms with E-state index in [1.165, 1.54) is 11.3 Å². The molecular weight excluding hydrogens is 462 g/mol. The van der Waals surface area contributed by atoms with Crippen LogP contribution >= 0.6 is 11.3 Å². The quantitative estimate of drug-likeness (QED) is 0.375. The predicted molar refractivity (Wildman–Crippen MR) is 142 cm³/mol. The molecule has 7 heteroatoms. The van der Waals surface area contributed by atoms with Crippen molar-refractivity contribution in [2.24, 2.45) is 5.41 Å². The zero-order chi connectivity index (χ0) is 26.6. The number of ether oxygens (including phenoxy) is 1. The van der Waals surface area contributed by atoms with Gasteiger partial charge in [-0.1, -0.05) is 53.7 Å². The molecule has 1 aromatic carbocycles. The van der Waals surface area contributed by atoms with Crippen molar-refractivity contribution in [2.75, 3.05) is 13.2 Å². The molecule has 35 heavy (non-hydrogen) atoms. The first kappa shape index (κ1) is 28.9. The van der Waals surface area contributed by atoms with Crippen LogP contribution in [-0.2, 0) is 11.8 Å². The molecule has 1 heterocycles. The van der Waals surface area contributed by atoms with Crippen LogP contribution in [0.3, 0.4) is 0 Å². The SMILES string of the molecule is CCc1cc(C(CC)(CC)c2ccc(C(=O)N(CC)C(=O)O)s2)ccc1OCC(C)(O)C(C)(C)C. The maximum absolute atomic E-state index is 12.8. The van der Waals surface area contributed by atoms with Gasteiger partial charge in [-0.25, -0.2) is 9.69 Å². The number of nitrogens with zero attached hydrogens (tertiary/aromatic N) is 1. The predicted octanol–water partition coefficient (Wildman–Crippen LogP) is 6.73. The molecule has 1 atom stereocenters. The zero-order valence-corrected chi connectivity index (χ0v) is 23.2. The first-order valence-electron chi connectivity index (χ1n) is 12.4. The van der Waals surface area contributed by atoms with Gasteiger partial charge in [-0.3, -0.25) is 4.79 Å². The van der Waals surface area contributed by atoms with Crippen molar-refractivity contribution in [3.8, 4) is 5.75 Å². The van der Waals surface area contributed by atoms with E-state index in [1.54, 1.807) is 19.9 Å². The van der Waals surface area contributed by atoms with E-state index in [0.717, 1.165) is 45.9 Å². The summed E-state index contributed by atoms with van der Waals surface area (Å²) in [6, 6.07) is 9.92. The average Bonchev–Trinajstić information content (AvgIpc) is 3.29. The number of hydrogen-bond donors (Lipinski definition) is 2. The number of amides is 2. The van der Waals surface area contributed by atoms with Gasteiger partial charge in [0.1, 0.15) is 18.0 Å². The Hall–Kier alpha value is -2.38. The van der Waals surface area contributed by atoms with Crippen LogP contribution < -0.4 is 4.74 Å². The van der Waals surface area contributed by atoms with Gasteiger partial charge in [-0.2, -0.15) is 0 Å². The molecular formula is C28H41NO5S. The molecule has 1 aromatic heterocycles. The summed E-state index contributed by atoms with van der Waals surface area (Å²) in [7, 11) is 0. The van der Waals surface area contributed by atoms with E-state index in [0.29, 0.717) is 4.88 Å². The maximum atomic E-state index is 12.8. The number of rotatable bonds is 10. The normalized spacial score (nSPS) is 13.9. The third-order valence-electron chi connectivity index (χ3n) is 7.41. The van der Waals surface area contributed by atoms with Crippen molar-refractivity contribution in [1.82, 2.24) is 4.90 Å². The van der Waals surface area contributed by atoms with E-state index >= 15 is 0 Å². The largest absolute Gasteiger partial charge is 0.490 e. The van der Waals surface area contributed by atoms with Crippen molar-refractivity contribution in [1.29, 1.82) is 0 Å². The number of carbonyl (C=O) groups is 2. The molecule has 0 spiro atoms. The van der Waals surface area contributed by atoms with E-state index in [1.807, 2.05) is 32.9 Å². The minimum absolute atomic E-state index is 0.109. The second-order valence-electron chi connectivity index (χ2n) is 10.3. The molecule has 1 unspecified atom stereocenters. The molecule has 2 rings (SSSR count). The fourth-order valence-electron chi connectivity index (χ4n) is 4.09. The Labute approximate surface area is 213 Å². The molecule has 2 N–H and O–H groups in total. The molecule has 0 bridgehead atoms. The van der Waals surface area contributed by atoms with Gasteiger partial charge in [-0.15, -0.1) is 11.3 Å². The van der Waals surface area contributed by atoms with E-state index in [2.05, 4.69) is 32.9 Å². The van der Waals surface area contributed by atoms with Crippen LogP contribution in [0.4, 0.5) is 4.79 Å². The molecule has 0 aliphatic rings. The number of aliphatic hydroxyl groups is 1. The van der Waals surface area contributed by atoms with E-state index in [-0.39, 0.29) is 24.0 Å². The van der Waals surface area contributed by atoms with Gasteiger partial charge in [0.15, 0.2) is 0 Å². The van der Waals surface area contributed by atoms with Crippen molar-refractivity contribution < 1.29 is 24.5 Å². The van der Waals surface area contributed by atoms with Crippen LogP contribution in [0.15, 0.2) is 30.3 Å². The average molecular weight is 504 g/mol. The van der Waals surface area contributed by atoms with E-state index in [9.17, 15) is 19.8 Å². The fourth-order valence-corrected chi connectivity index (χ4v) is 5.40. The van der Waals surface area contributed by atoms with Crippen LogP contribution in [0.25, 0.3) is 0 Å². The summed E-state index contributed by atoms with van der Waals surface area (Å²) >= 11 is 1.37. The van der Waals surface area contributed by atoms with Gasteiger partial charge in [-0.05, 0) is 67.9 Å². The third kappa shape index (κ3) is 5.89. The Morgan fingerprint density at radius 2 is 1.63 bits per heavy atom. The second-order valence-corrected chi connectivity index (χ2v) is 11.4. The highest BCUT2D eigenvalue weighted by Crippen LogP contribution is 2.44. The molecule has 194 valence electrons. The highest BCUT2D eigenvalue weighted by Gasteiger charge is 2.37. The third-order valence-corrected chi connectivity index (χ3v) is 8.68. The second kappa shape index (κ2) is 11.1. The lowest BCUT2D eigenvalue weighted by atomic mass is 9.74. The summed E-state index contributed by atoms with van der Waals surface area (Å²) in [5.41, 5.74) is 0.606. The fraction of sp³-hybridized carbons (Fsp3) is 0.571. The Balaban J connectivity index is 2.44. The summed E-state index contributed by atoms with van der Waals surface area (Å²) in [6.07, 6.45) is 1.20. The van der Waals surface area contributed by atoms with Crippen LogP contribution in [0.1, 0.15) is 93.9 Å². The molecule has 0 radical (unpaired) electrons. The Morgan fingerprint density at radius 1 is 1.00 bits per heavy atom. The standard InChI is InChI=1S/C28H41NO5S/c1-9-19-17-20(13-14-21(19)34-18-27(8,33)26(5,6)7)28(10-2,11-3)23-16-15-22(35-23)24(30)29(12-4)25(31)32/h13-17,33H,9-12,18H2,1-8H3,(H,31,32). The molecule has 2 aromatic rings. The van der Waals surface area contributed by atoms with Gasteiger partial charge < -0.3 is 14.9 Å². The molecule has 6 nitrogen and oxygen atoms in total. The van der Waals surface area contributed by atoms with Crippen molar-refractivity contribution >= 4 is 23.3 Å². The van der Waals surface area contributed by atoms with Crippen molar-refractivity contribution in [3.63, 3.8) is 0 Å². The molecule has 2 amide bonds. The highest BCUT2D eigenvalue weighted by molar-refractivity contribution is 7.14. The van der Waals surface area contributed by atoms with Crippen LogP contribution in [0, 0.1) is 5.41 Å². The molecule has 0 saturated carbocycles. The number of carboxylic acid groups (broad SMARTS) is 1. The van der Waals surface area contributed by atoms with Crippen LogP contribution in [-0.4, -0.2) is 45.9 Å². The Morgan fingerprint density at radius 3 is 2.11 bits per heavy atom. The lowest BCUT2D eigenvalue weighted by Gasteiger charge is -2.37. The van der Waals surface area contributed by atoms with E-state index < -0.39 is 17.6 Å². The van der Waals surface area contributed by atoms with E-state index in [4.69, 9.17) is 4.74 Å². The number of carbonyl (C=O) groups excluding carboxylic acids is 1. The first-order chi connectivity index (χ1) is 16.3. The van der Waals surface area contributed by atoms with Gasteiger partial charge in [0.2, 0.25) is 0 Å². The topological polar surface area (TPSA) is 87.1 Å². The summed E-state index contributed by atoms with van der Waals surface area (Å²) in [6.45, 7) is 16.1. The zero-order valence-electron chi connectivity index (χ0n) is 22.4. The number of aryl methyl sites for hydroxylation is 1. The summed E-state index contributed by atoms with van der Waals surface area (Å²) < 4.78 is 6.10. The van der Waals surface area contributed by atoms with Gasteiger partial charge in [0.25, 0.3) is 5.91 Å². The minimum Gasteiger partial charge on any atom is -0.490 e. The van der Waals surface area contributed by atoms with Gasteiger partial charge in [0.05, 0.1) is 4.88 Å². The Kier molecular flexibility index (Phi) is 9.17. The van der Waals surface area contributed by atoms with Crippen LogP contribution in [0.2, 0.25) is 0 Å². The smallest absolute Gasteiger partial charge is 0.414 e. The number of hydrogen-bond acceptors (Lipinski definition) is 5. The minimum atomic E-state index is -1.24. The highest BCUT2D eigenvalue weighted by atomic mass is 32.1. The number of benzene rings is 1. The number of thiophene rings is 1.